The third kappa shape index (κ3) is 2.75. The molecule has 84 valence electrons. The average Bonchev–Trinajstić information content (AvgIpc) is 2.22. The molecule has 4 heteroatoms. The highest BCUT2D eigenvalue weighted by Crippen LogP contribution is 2.26. The van der Waals surface area contributed by atoms with Crippen LogP contribution >= 0.6 is 0 Å². The van der Waals surface area contributed by atoms with E-state index in [1.807, 2.05) is 39.1 Å². The molecule has 0 radical (unpaired) electrons. The number of aromatic nitrogens is 1. The third-order valence-electron chi connectivity index (χ3n) is 2.66. The molecular formula is C11H19N3O. The molecule has 4 nitrogen and oxygen atoms in total. The number of nitrogens with two attached hydrogens (primary N) is 1. The van der Waals surface area contributed by atoms with Gasteiger partial charge in [0, 0.05) is 19.0 Å². The van der Waals surface area contributed by atoms with E-state index in [-0.39, 0.29) is 11.6 Å². The van der Waals surface area contributed by atoms with Crippen molar-refractivity contribution in [1.82, 2.24) is 10.4 Å². The van der Waals surface area contributed by atoms with E-state index in [4.69, 9.17) is 10.6 Å². The van der Waals surface area contributed by atoms with Gasteiger partial charge in [-0.15, -0.1) is 0 Å². The zero-order valence-corrected chi connectivity index (χ0v) is 9.74. The fourth-order valence-electron chi connectivity index (χ4n) is 1.47. The molecule has 0 aliphatic rings. The number of rotatable bonds is 4. The first-order valence-corrected chi connectivity index (χ1v) is 4.95. The second-order valence-corrected chi connectivity index (χ2v) is 4.14. The zero-order chi connectivity index (χ0) is 11.5. The number of nitrogens with one attached hydrogen (secondary N) is 1. The summed E-state index contributed by atoms with van der Waals surface area (Å²) >= 11 is 0. The van der Waals surface area contributed by atoms with Crippen molar-refractivity contribution in [3.63, 3.8) is 0 Å². The lowest BCUT2D eigenvalue weighted by Gasteiger charge is -2.32. The van der Waals surface area contributed by atoms with Crippen LogP contribution in [-0.4, -0.2) is 17.7 Å². The smallest absolute Gasteiger partial charge is 0.0830 e. The van der Waals surface area contributed by atoms with E-state index < -0.39 is 0 Å². The van der Waals surface area contributed by atoms with Gasteiger partial charge in [0.1, 0.15) is 0 Å². The van der Waals surface area contributed by atoms with Gasteiger partial charge in [0.05, 0.1) is 11.6 Å². The Hall–Kier alpha value is -0.970. The molecule has 0 amide bonds. The van der Waals surface area contributed by atoms with E-state index in [0.717, 1.165) is 11.3 Å². The van der Waals surface area contributed by atoms with Gasteiger partial charge in [-0.3, -0.25) is 16.3 Å². The average molecular weight is 209 g/mol. The van der Waals surface area contributed by atoms with Crippen LogP contribution in [0.3, 0.4) is 0 Å². The monoisotopic (exact) mass is 209 g/mol. The van der Waals surface area contributed by atoms with Gasteiger partial charge in [0.2, 0.25) is 0 Å². The number of hydrogen-bond acceptors (Lipinski definition) is 4. The predicted octanol–water partition coefficient (Wildman–Crippen LogP) is 1.32. The minimum absolute atomic E-state index is 0.0735. The molecule has 1 heterocycles. The molecule has 15 heavy (non-hydrogen) atoms. The van der Waals surface area contributed by atoms with Crippen LogP contribution in [0.15, 0.2) is 18.3 Å². The number of methoxy groups -OCH3 is 1. The Labute approximate surface area is 90.8 Å². The van der Waals surface area contributed by atoms with Gasteiger partial charge in [-0.05, 0) is 32.4 Å². The number of aryl methyl sites for hydroxylation is 1. The van der Waals surface area contributed by atoms with Crippen LogP contribution in [0.2, 0.25) is 0 Å². The van der Waals surface area contributed by atoms with Gasteiger partial charge >= 0.3 is 0 Å². The first kappa shape index (κ1) is 12.1. The summed E-state index contributed by atoms with van der Waals surface area (Å²) in [5.41, 5.74) is 4.41. The summed E-state index contributed by atoms with van der Waals surface area (Å²) in [6, 6.07) is 3.90. The number of ether oxygens (including phenoxy) is 1. The van der Waals surface area contributed by atoms with Crippen molar-refractivity contribution in [2.45, 2.75) is 32.4 Å². The Kier molecular flexibility index (Phi) is 3.79. The first-order valence-electron chi connectivity index (χ1n) is 4.95. The molecule has 0 aliphatic carbocycles. The molecule has 1 aromatic heterocycles. The van der Waals surface area contributed by atoms with Gasteiger partial charge in [-0.1, -0.05) is 6.07 Å². The second kappa shape index (κ2) is 4.70. The topological polar surface area (TPSA) is 60.2 Å². The van der Waals surface area contributed by atoms with E-state index in [1.54, 1.807) is 7.11 Å². The van der Waals surface area contributed by atoms with Crippen molar-refractivity contribution in [3.05, 3.63) is 29.6 Å². The molecule has 1 rings (SSSR count). The van der Waals surface area contributed by atoms with Gasteiger partial charge in [0.15, 0.2) is 0 Å². The molecule has 1 unspecified atom stereocenters. The molecule has 1 aromatic rings. The molecule has 0 aliphatic heterocycles. The molecule has 0 fully saturated rings. The lowest BCUT2D eigenvalue weighted by molar-refractivity contribution is -0.0112. The predicted molar refractivity (Wildman–Crippen MR) is 60.1 cm³/mol. The molecule has 0 aromatic carbocycles. The molecule has 0 bridgehead atoms. The number of hydrogen-bond donors (Lipinski definition) is 2. The Morgan fingerprint density at radius 3 is 2.53 bits per heavy atom. The van der Waals surface area contributed by atoms with Crippen LogP contribution in [0.25, 0.3) is 0 Å². The highest BCUT2D eigenvalue weighted by atomic mass is 16.5. The number of pyridine rings is 1. The minimum atomic E-state index is -0.369. The van der Waals surface area contributed by atoms with Crippen LogP contribution in [0.5, 0.6) is 0 Å². The van der Waals surface area contributed by atoms with Gasteiger partial charge in [-0.2, -0.15) is 0 Å². The number of nitrogens with zero attached hydrogens (tertiary/aromatic N) is 1. The molecule has 3 N–H and O–H groups in total. The van der Waals surface area contributed by atoms with Crippen molar-refractivity contribution < 1.29 is 4.74 Å². The van der Waals surface area contributed by atoms with E-state index in [1.165, 1.54) is 0 Å². The van der Waals surface area contributed by atoms with E-state index >= 15 is 0 Å². The summed E-state index contributed by atoms with van der Waals surface area (Å²) in [5.74, 6) is 5.55. The van der Waals surface area contributed by atoms with Crippen LogP contribution in [-0.2, 0) is 4.74 Å². The molecule has 1 atom stereocenters. The number of hydrazine groups is 1. The SMILES string of the molecule is COC(C)(C)C(NN)c1ccc(C)nc1. The van der Waals surface area contributed by atoms with Crippen molar-refractivity contribution in [3.8, 4) is 0 Å². The Morgan fingerprint density at radius 2 is 2.13 bits per heavy atom. The highest BCUT2D eigenvalue weighted by Gasteiger charge is 2.29. The summed E-state index contributed by atoms with van der Waals surface area (Å²) in [6.45, 7) is 5.92. The van der Waals surface area contributed by atoms with E-state index in [2.05, 4.69) is 10.4 Å². The Bertz CT molecular complexity index is 308. The highest BCUT2D eigenvalue weighted by molar-refractivity contribution is 5.19. The largest absolute Gasteiger partial charge is 0.377 e. The maximum atomic E-state index is 5.55. The van der Waals surface area contributed by atoms with Gasteiger partial charge < -0.3 is 4.74 Å². The second-order valence-electron chi connectivity index (χ2n) is 4.14. The quantitative estimate of drug-likeness (QED) is 0.580. The summed E-state index contributed by atoms with van der Waals surface area (Å²) in [6.07, 6.45) is 1.82. The fourth-order valence-corrected chi connectivity index (χ4v) is 1.47. The summed E-state index contributed by atoms with van der Waals surface area (Å²) in [4.78, 5) is 4.24. The maximum absolute atomic E-state index is 5.55. The fraction of sp³-hybridized carbons (Fsp3) is 0.545. The lowest BCUT2D eigenvalue weighted by atomic mass is 9.93. The van der Waals surface area contributed by atoms with Gasteiger partial charge in [-0.25, -0.2) is 0 Å². The third-order valence-corrected chi connectivity index (χ3v) is 2.66. The normalized spacial score (nSPS) is 13.9. The summed E-state index contributed by atoms with van der Waals surface area (Å²) in [7, 11) is 1.67. The molecular weight excluding hydrogens is 190 g/mol. The zero-order valence-electron chi connectivity index (χ0n) is 9.74. The molecule has 0 saturated heterocycles. The van der Waals surface area contributed by atoms with Crippen molar-refractivity contribution in [1.29, 1.82) is 0 Å². The summed E-state index contributed by atoms with van der Waals surface area (Å²) < 4.78 is 5.41. The van der Waals surface area contributed by atoms with Gasteiger partial charge in [0.25, 0.3) is 0 Å². The molecule has 0 spiro atoms. The maximum Gasteiger partial charge on any atom is 0.0830 e. The van der Waals surface area contributed by atoms with E-state index in [0.29, 0.717) is 0 Å². The lowest BCUT2D eigenvalue weighted by Crippen LogP contribution is -2.44. The first-order chi connectivity index (χ1) is 7.01. The van der Waals surface area contributed by atoms with Crippen molar-refractivity contribution in [2.75, 3.05) is 7.11 Å². The Balaban J connectivity index is 2.97. The van der Waals surface area contributed by atoms with Crippen molar-refractivity contribution in [2.24, 2.45) is 5.84 Å². The molecule has 0 saturated carbocycles. The van der Waals surface area contributed by atoms with Crippen molar-refractivity contribution >= 4 is 0 Å². The van der Waals surface area contributed by atoms with Crippen LogP contribution < -0.4 is 11.3 Å². The van der Waals surface area contributed by atoms with Crippen LogP contribution in [0.4, 0.5) is 0 Å². The van der Waals surface area contributed by atoms with Crippen LogP contribution in [0, 0.1) is 6.92 Å². The Morgan fingerprint density at radius 1 is 1.47 bits per heavy atom. The van der Waals surface area contributed by atoms with E-state index in [9.17, 15) is 0 Å². The standard InChI is InChI=1S/C11H19N3O/c1-8-5-6-9(7-13-8)10(14-12)11(2,3)15-4/h5-7,10,14H,12H2,1-4H3. The minimum Gasteiger partial charge on any atom is -0.377 e. The summed E-state index contributed by atoms with van der Waals surface area (Å²) in [5, 5.41) is 0. The van der Waals surface area contributed by atoms with Crippen LogP contribution in [0.1, 0.15) is 31.1 Å².